The molecule has 0 saturated heterocycles. The zero-order valence-corrected chi connectivity index (χ0v) is 21.4. The van der Waals surface area contributed by atoms with Gasteiger partial charge in [-0.15, -0.1) is 0 Å². The first-order valence-corrected chi connectivity index (χ1v) is 12.6. The number of alkyl halides is 5. The molecule has 0 bridgehead atoms. The van der Waals surface area contributed by atoms with Crippen molar-refractivity contribution in [1.82, 2.24) is 10.3 Å². The van der Waals surface area contributed by atoms with Crippen molar-refractivity contribution in [2.24, 2.45) is 5.92 Å². The van der Waals surface area contributed by atoms with Gasteiger partial charge in [-0.05, 0) is 72.9 Å². The Bertz CT molecular complexity index is 1350. The second kappa shape index (κ2) is 10.8. The molecule has 1 aromatic heterocycles. The van der Waals surface area contributed by atoms with E-state index in [-0.39, 0.29) is 21.8 Å². The predicted molar refractivity (Wildman–Crippen MR) is 131 cm³/mol. The van der Waals surface area contributed by atoms with Gasteiger partial charge in [0.25, 0.3) is 11.8 Å². The van der Waals surface area contributed by atoms with Gasteiger partial charge < -0.3 is 5.32 Å². The summed E-state index contributed by atoms with van der Waals surface area (Å²) in [6.07, 6.45) is -0.545. The summed E-state index contributed by atoms with van der Waals surface area (Å²) < 4.78 is 98.2. The van der Waals surface area contributed by atoms with Gasteiger partial charge in [-0.25, -0.2) is 17.6 Å². The molecule has 1 fully saturated rings. The zero-order chi connectivity index (χ0) is 28.6. The zero-order valence-electron chi connectivity index (χ0n) is 20.7. The average Bonchev–Trinajstić information content (AvgIpc) is 2.87. The minimum atomic E-state index is -4.90. The number of pyridine rings is 1. The molecule has 1 amide bonds. The van der Waals surface area contributed by atoms with E-state index in [4.69, 9.17) is 11.6 Å². The van der Waals surface area contributed by atoms with E-state index in [0.717, 1.165) is 24.6 Å². The molecule has 1 aliphatic rings. The second-order valence-corrected chi connectivity index (χ2v) is 10.2. The number of halogens is 8. The van der Waals surface area contributed by atoms with Crippen molar-refractivity contribution in [3.8, 4) is 0 Å². The molecule has 1 aliphatic carbocycles. The van der Waals surface area contributed by atoms with E-state index >= 15 is 0 Å². The van der Waals surface area contributed by atoms with Crippen molar-refractivity contribution < 1.29 is 35.5 Å². The number of carbonyl (C=O) groups is 1. The first-order valence-electron chi connectivity index (χ1n) is 12.2. The van der Waals surface area contributed by atoms with Crippen molar-refractivity contribution in [2.75, 3.05) is 0 Å². The van der Waals surface area contributed by atoms with Crippen molar-refractivity contribution in [1.29, 1.82) is 0 Å². The number of rotatable bonds is 6. The first-order chi connectivity index (χ1) is 18.2. The first kappa shape index (κ1) is 28.9. The van der Waals surface area contributed by atoms with Crippen LogP contribution < -0.4 is 5.32 Å². The quantitative estimate of drug-likeness (QED) is 0.301. The highest BCUT2D eigenvalue weighted by Gasteiger charge is 2.47. The molecule has 3 aromatic rings. The number of nitrogens with one attached hydrogen (secondary N) is 1. The molecule has 208 valence electrons. The van der Waals surface area contributed by atoms with Crippen LogP contribution in [0.4, 0.5) is 30.7 Å². The molecule has 0 spiro atoms. The summed E-state index contributed by atoms with van der Waals surface area (Å²) in [5, 5.41) is 2.94. The van der Waals surface area contributed by atoms with E-state index < -0.39 is 52.2 Å². The Morgan fingerprint density at radius 2 is 1.59 bits per heavy atom. The fourth-order valence-electron chi connectivity index (χ4n) is 5.21. The average molecular weight is 573 g/mol. The number of hydrogen-bond donors (Lipinski definition) is 1. The molecule has 11 heteroatoms. The highest BCUT2D eigenvalue weighted by atomic mass is 35.5. The lowest BCUT2D eigenvalue weighted by atomic mass is 9.68. The van der Waals surface area contributed by atoms with Crippen molar-refractivity contribution in [2.45, 2.75) is 56.7 Å². The summed E-state index contributed by atoms with van der Waals surface area (Å²) in [6, 6.07) is 7.26. The molecule has 39 heavy (non-hydrogen) atoms. The Hall–Kier alpha value is -3.14. The normalized spacial score (nSPS) is 16.5. The molecule has 0 radical (unpaired) electrons. The van der Waals surface area contributed by atoms with Gasteiger partial charge in [-0.3, -0.25) is 9.78 Å². The van der Waals surface area contributed by atoms with Gasteiger partial charge in [0, 0.05) is 18.7 Å². The fraction of sp³-hybridized carbons (Fsp3) is 0.357. The lowest BCUT2D eigenvalue weighted by molar-refractivity contribution is -0.137. The van der Waals surface area contributed by atoms with Crippen LogP contribution in [0.5, 0.6) is 0 Å². The Morgan fingerprint density at radius 3 is 2.18 bits per heavy atom. The summed E-state index contributed by atoms with van der Waals surface area (Å²) in [6.45, 7) is 0.475. The minimum absolute atomic E-state index is 0.0917. The van der Waals surface area contributed by atoms with Crippen LogP contribution in [0, 0.1) is 17.6 Å². The molecule has 1 N–H and O–H groups in total. The monoisotopic (exact) mass is 572 g/mol. The lowest BCUT2D eigenvalue weighted by Crippen LogP contribution is -2.53. The second-order valence-electron chi connectivity index (χ2n) is 9.77. The topological polar surface area (TPSA) is 42.0 Å². The van der Waals surface area contributed by atoms with Crippen LogP contribution in [-0.4, -0.2) is 10.9 Å². The van der Waals surface area contributed by atoms with Crippen LogP contribution in [0.3, 0.4) is 0 Å². The molecule has 4 rings (SSSR count). The summed E-state index contributed by atoms with van der Waals surface area (Å²) in [4.78, 5) is 17.9. The van der Waals surface area contributed by atoms with Gasteiger partial charge in [-0.2, -0.15) is 13.2 Å². The van der Waals surface area contributed by atoms with Crippen molar-refractivity contribution in [3.63, 3.8) is 0 Å². The van der Waals surface area contributed by atoms with E-state index in [1.54, 1.807) is 0 Å². The smallest absolute Gasteiger partial charge is 0.337 e. The van der Waals surface area contributed by atoms with Gasteiger partial charge >= 0.3 is 6.18 Å². The Kier molecular flexibility index (Phi) is 7.98. The third kappa shape index (κ3) is 6.05. The largest absolute Gasteiger partial charge is 0.416 e. The highest BCUT2D eigenvalue weighted by molar-refractivity contribution is 6.30. The van der Waals surface area contributed by atoms with Crippen LogP contribution >= 0.6 is 11.6 Å². The van der Waals surface area contributed by atoms with E-state index in [0.29, 0.717) is 50.8 Å². The summed E-state index contributed by atoms with van der Waals surface area (Å²) in [7, 11) is 0. The molecule has 0 unspecified atom stereocenters. The van der Waals surface area contributed by atoms with E-state index in [1.165, 1.54) is 18.3 Å². The number of carbonyl (C=O) groups excluding carboxylic acids is 1. The predicted octanol–water partition coefficient (Wildman–Crippen LogP) is 8.40. The number of amides is 1. The number of nitrogens with zero attached hydrogens (tertiary/aromatic N) is 1. The van der Waals surface area contributed by atoms with E-state index in [9.17, 15) is 35.5 Å². The molecule has 0 aliphatic heterocycles. The van der Waals surface area contributed by atoms with Crippen LogP contribution in [-0.2, 0) is 17.6 Å². The summed E-state index contributed by atoms with van der Waals surface area (Å²) >= 11 is 6.02. The van der Waals surface area contributed by atoms with Crippen LogP contribution in [0.15, 0.2) is 54.7 Å². The van der Waals surface area contributed by atoms with Crippen molar-refractivity contribution in [3.05, 3.63) is 99.3 Å². The fourth-order valence-corrected chi connectivity index (χ4v) is 5.32. The van der Waals surface area contributed by atoms with E-state index in [2.05, 4.69) is 10.3 Å². The van der Waals surface area contributed by atoms with Gasteiger partial charge in [0.2, 0.25) is 0 Å². The third-order valence-corrected chi connectivity index (χ3v) is 7.27. The lowest BCUT2D eigenvalue weighted by Gasteiger charge is -2.43. The van der Waals surface area contributed by atoms with Gasteiger partial charge in [0.15, 0.2) is 0 Å². The summed E-state index contributed by atoms with van der Waals surface area (Å²) in [5.41, 5.74) is -4.56. The Labute approximate surface area is 225 Å². The number of benzene rings is 2. The molecule has 1 heterocycles. The minimum Gasteiger partial charge on any atom is -0.337 e. The molecule has 2 aromatic carbocycles. The maximum absolute atomic E-state index is 14.7. The van der Waals surface area contributed by atoms with Crippen molar-refractivity contribution >= 4 is 17.5 Å². The van der Waals surface area contributed by atoms with Crippen LogP contribution in [0.25, 0.3) is 0 Å². The van der Waals surface area contributed by atoms with Gasteiger partial charge in [0.1, 0.15) is 17.2 Å². The SMILES string of the molecule is CC(F)(F)c1cc(C(=O)N[C@](c2cc(F)cc(C(F)(F)F)c2)(c2ccc(Cl)cn2)C2CCCCC2)ccc1F. The maximum atomic E-state index is 14.7. The molecule has 3 nitrogen and oxygen atoms in total. The van der Waals surface area contributed by atoms with Crippen LogP contribution in [0.1, 0.15) is 71.8 Å². The highest BCUT2D eigenvalue weighted by Crippen LogP contribution is 2.45. The summed E-state index contributed by atoms with van der Waals surface area (Å²) in [5.74, 6) is -7.53. The van der Waals surface area contributed by atoms with E-state index in [1.807, 2.05) is 0 Å². The molecular formula is C28H24ClF7N2O. The van der Waals surface area contributed by atoms with Crippen LogP contribution in [0.2, 0.25) is 5.02 Å². The number of hydrogen-bond acceptors (Lipinski definition) is 2. The van der Waals surface area contributed by atoms with Gasteiger partial charge in [0.05, 0.1) is 21.8 Å². The molecular weight excluding hydrogens is 549 g/mol. The van der Waals surface area contributed by atoms with Gasteiger partial charge in [-0.1, -0.05) is 30.9 Å². The maximum Gasteiger partial charge on any atom is 0.416 e. The Balaban J connectivity index is 1.96. The number of aromatic nitrogens is 1. The Morgan fingerprint density at radius 1 is 0.923 bits per heavy atom. The molecule has 1 atom stereocenters. The molecule has 1 saturated carbocycles. The third-order valence-electron chi connectivity index (χ3n) is 7.04. The standard InChI is InChI=1S/C28H24ClF7N2O/c1-26(32,33)22-11-16(7-9-23(22)31)25(39)38-27(17-5-3-2-4-6-17,24-10-8-20(29)15-37-24)18-12-19(28(34,35)36)14-21(30)13-18/h7-15,17H,2-6H2,1H3,(H,38,39)/t27-/m1/s1.